The van der Waals surface area contributed by atoms with Crippen molar-refractivity contribution >= 4 is 55.6 Å². The zero-order valence-electron chi connectivity index (χ0n) is 9.98. The number of anilines is 2. The highest BCUT2D eigenvalue weighted by Crippen LogP contribution is 2.27. The number of nitro groups is 1. The van der Waals surface area contributed by atoms with E-state index in [0.717, 1.165) is 21.4 Å². The predicted molar refractivity (Wildman–Crippen MR) is 88.0 cm³/mol. The number of nitro benzene ring substituents is 1. The van der Waals surface area contributed by atoms with Gasteiger partial charge in [0.1, 0.15) is 0 Å². The molecule has 0 fully saturated rings. The van der Waals surface area contributed by atoms with Gasteiger partial charge in [-0.15, -0.1) is 0 Å². The monoisotopic (exact) mass is 432 g/mol. The zero-order valence-corrected chi connectivity index (χ0v) is 13.7. The van der Waals surface area contributed by atoms with Crippen molar-refractivity contribution in [1.82, 2.24) is 0 Å². The van der Waals surface area contributed by atoms with Gasteiger partial charge in [0.05, 0.1) is 8.49 Å². The van der Waals surface area contributed by atoms with Gasteiger partial charge in [-0.05, 0) is 65.4 Å². The van der Waals surface area contributed by atoms with Crippen molar-refractivity contribution in [2.45, 2.75) is 6.92 Å². The highest BCUT2D eigenvalue weighted by Gasteiger charge is 2.11. The van der Waals surface area contributed by atoms with Gasteiger partial charge in [0, 0.05) is 21.9 Å². The van der Waals surface area contributed by atoms with Crippen molar-refractivity contribution in [3.05, 3.63) is 60.1 Å². The van der Waals surface area contributed by atoms with Crippen molar-refractivity contribution in [3.8, 4) is 0 Å². The van der Waals surface area contributed by atoms with Crippen molar-refractivity contribution < 1.29 is 4.92 Å². The lowest BCUT2D eigenvalue weighted by atomic mass is 10.2. The van der Waals surface area contributed by atoms with Crippen LogP contribution >= 0.6 is 38.5 Å². The standard InChI is InChI=1S/C13H10BrIN2O2/c1-8-4-9(14)6-11(5-8)16-10-2-3-13(17(18)19)12(15)7-10/h2-7,16H,1H3. The Labute approximate surface area is 132 Å². The highest BCUT2D eigenvalue weighted by molar-refractivity contribution is 14.1. The number of aryl methyl sites for hydroxylation is 1. The first kappa shape index (κ1) is 14.3. The van der Waals surface area contributed by atoms with E-state index in [1.54, 1.807) is 12.1 Å². The van der Waals surface area contributed by atoms with E-state index in [4.69, 9.17) is 0 Å². The van der Waals surface area contributed by atoms with Gasteiger partial charge in [0.2, 0.25) is 0 Å². The van der Waals surface area contributed by atoms with Crippen LogP contribution in [0.25, 0.3) is 0 Å². The molecule has 0 saturated heterocycles. The number of halogens is 2. The second kappa shape index (κ2) is 5.87. The van der Waals surface area contributed by atoms with Gasteiger partial charge in [0.25, 0.3) is 5.69 Å². The predicted octanol–water partition coefficient (Wildman–Crippen LogP) is 5.01. The van der Waals surface area contributed by atoms with E-state index in [2.05, 4.69) is 21.2 Å². The summed E-state index contributed by atoms with van der Waals surface area (Å²) >= 11 is 5.41. The maximum absolute atomic E-state index is 10.8. The molecule has 0 radical (unpaired) electrons. The fraction of sp³-hybridized carbons (Fsp3) is 0.0769. The molecule has 0 atom stereocenters. The van der Waals surface area contributed by atoms with E-state index in [0.29, 0.717) is 3.57 Å². The van der Waals surface area contributed by atoms with Gasteiger partial charge in [-0.3, -0.25) is 10.1 Å². The highest BCUT2D eigenvalue weighted by atomic mass is 127. The number of benzene rings is 2. The van der Waals surface area contributed by atoms with Crippen LogP contribution in [0, 0.1) is 20.6 Å². The Morgan fingerprint density at radius 3 is 2.53 bits per heavy atom. The smallest absolute Gasteiger partial charge is 0.282 e. The van der Waals surface area contributed by atoms with Crippen LogP contribution < -0.4 is 5.32 Å². The third-order valence-corrected chi connectivity index (χ3v) is 3.80. The number of rotatable bonds is 3. The molecule has 0 aliphatic carbocycles. The molecule has 0 saturated carbocycles. The Hall–Kier alpha value is -1.15. The molecule has 0 aliphatic heterocycles. The molecular formula is C13H10BrIN2O2. The SMILES string of the molecule is Cc1cc(Br)cc(Nc2ccc([N+](=O)[O-])c(I)c2)c1. The maximum Gasteiger partial charge on any atom is 0.282 e. The van der Waals surface area contributed by atoms with E-state index in [-0.39, 0.29) is 10.6 Å². The van der Waals surface area contributed by atoms with Crippen LogP contribution in [0.3, 0.4) is 0 Å². The van der Waals surface area contributed by atoms with Crippen LogP contribution in [0.5, 0.6) is 0 Å². The molecule has 2 rings (SSSR count). The second-order valence-electron chi connectivity index (χ2n) is 4.07. The van der Waals surface area contributed by atoms with Gasteiger partial charge >= 0.3 is 0 Å². The number of hydrogen-bond acceptors (Lipinski definition) is 3. The molecular weight excluding hydrogens is 423 g/mol. The van der Waals surface area contributed by atoms with E-state index in [1.807, 2.05) is 47.7 Å². The zero-order chi connectivity index (χ0) is 14.0. The lowest BCUT2D eigenvalue weighted by molar-refractivity contribution is -0.385. The fourth-order valence-electron chi connectivity index (χ4n) is 1.71. The van der Waals surface area contributed by atoms with Crippen molar-refractivity contribution in [2.24, 2.45) is 0 Å². The molecule has 1 N–H and O–H groups in total. The number of nitrogens with zero attached hydrogens (tertiary/aromatic N) is 1. The van der Waals surface area contributed by atoms with Crippen LogP contribution in [0.2, 0.25) is 0 Å². The third kappa shape index (κ3) is 3.66. The molecule has 0 aromatic heterocycles. The quantitative estimate of drug-likeness (QED) is 0.421. The van der Waals surface area contributed by atoms with E-state index >= 15 is 0 Å². The molecule has 0 aliphatic rings. The lowest BCUT2D eigenvalue weighted by Crippen LogP contribution is -1.95. The van der Waals surface area contributed by atoms with Crippen LogP contribution in [-0.4, -0.2) is 4.92 Å². The van der Waals surface area contributed by atoms with Crippen molar-refractivity contribution in [2.75, 3.05) is 5.32 Å². The van der Waals surface area contributed by atoms with Crippen LogP contribution in [0.15, 0.2) is 40.9 Å². The summed E-state index contributed by atoms with van der Waals surface area (Å²) in [6.45, 7) is 2.01. The Kier molecular flexibility index (Phi) is 4.41. The van der Waals surface area contributed by atoms with Gasteiger partial charge in [-0.25, -0.2) is 0 Å². The Morgan fingerprint density at radius 1 is 1.21 bits per heavy atom. The van der Waals surface area contributed by atoms with Gasteiger partial charge in [-0.2, -0.15) is 0 Å². The average Bonchev–Trinajstić information content (AvgIpc) is 2.26. The summed E-state index contributed by atoms with van der Waals surface area (Å²) in [6, 6.07) is 11.0. The Bertz CT molecular complexity index is 626. The van der Waals surface area contributed by atoms with E-state index in [1.165, 1.54) is 6.07 Å². The van der Waals surface area contributed by atoms with Crippen molar-refractivity contribution in [3.63, 3.8) is 0 Å². The molecule has 19 heavy (non-hydrogen) atoms. The van der Waals surface area contributed by atoms with E-state index < -0.39 is 0 Å². The molecule has 0 spiro atoms. The molecule has 6 heteroatoms. The first-order chi connectivity index (χ1) is 8.95. The minimum atomic E-state index is -0.380. The summed E-state index contributed by atoms with van der Waals surface area (Å²) in [4.78, 5) is 10.4. The number of hydrogen-bond donors (Lipinski definition) is 1. The van der Waals surface area contributed by atoms with Crippen molar-refractivity contribution in [1.29, 1.82) is 0 Å². The molecule has 2 aromatic rings. The summed E-state index contributed by atoms with van der Waals surface area (Å²) in [5.41, 5.74) is 3.02. The molecule has 0 unspecified atom stereocenters. The average molecular weight is 433 g/mol. The summed E-state index contributed by atoms with van der Waals surface area (Å²) in [5, 5.41) is 14.0. The summed E-state index contributed by atoms with van der Waals surface area (Å²) in [5.74, 6) is 0. The first-order valence-electron chi connectivity index (χ1n) is 5.44. The van der Waals surface area contributed by atoms with Crippen LogP contribution in [-0.2, 0) is 0 Å². The van der Waals surface area contributed by atoms with Gasteiger partial charge in [0.15, 0.2) is 0 Å². The van der Waals surface area contributed by atoms with Crippen LogP contribution in [0.4, 0.5) is 17.1 Å². The summed E-state index contributed by atoms with van der Waals surface area (Å²) in [6.07, 6.45) is 0. The maximum atomic E-state index is 10.8. The second-order valence-corrected chi connectivity index (χ2v) is 6.14. The van der Waals surface area contributed by atoms with Gasteiger partial charge < -0.3 is 5.32 Å². The molecule has 2 aromatic carbocycles. The fourth-order valence-corrected chi connectivity index (χ4v) is 3.03. The lowest BCUT2D eigenvalue weighted by Gasteiger charge is -2.08. The minimum absolute atomic E-state index is 0.122. The summed E-state index contributed by atoms with van der Waals surface area (Å²) < 4.78 is 1.60. The molecule has 0 amide bonds. The normalized spacial score (nSPS) is 10.3. The largest absolute Gasteiger partial charge is 0.355 e. The topological polar surface area (TPSA) is 55.2 Å². The minimum Gasteiger partial charge on any atom is -0.355 e. The number of nitrogens with one attached hydrogen (secondary N) is 1. The van der Waals surface area contributed by atoms with Crippen LogP contribution in [0.1, 0.15) is 5.56 Å². The first-order valence-corrected chi connectivity index (χ1v) is 7.31. The Balaban J connectivity index is 2.28. The van der Waals surface area contributed by atoms with E-state index in [9.17, 15) is 10.1 Å². The molecule has 0 bridgehead atoms. The molecule has 0 heterocycles. The third-order valence-electron chi connectivity index (χ3n) is 2.48. The Morgan fingerprint density at radius 2 is 1.95 bits per heavy atom. The van der Waals surface area contributed by atoms with Gasteiger partial charge in [-0.1, -0.05) is 15.9 Å². The summed E-state index contributed by atoms with van der Waals surface area (Å²) in [7, 11) is 0. The molecule has 4 nitrogen and oxygen atoms in total. The molecule has 98 valence electrons.